The normalized spacial score (nSPS) is 15.4. The van der Waals surface area contributed by atoms with E-state index in [9.17, 15) is 22.8 Å². The van der Waals surface area contributed by atoms with Crippen molar-refractivity contribution in [3.05, 3.63) is 77.6 Å². The lowest BCUT2D eigenvalue weighted by Crippen LogP contribution is -2.37. The number of amides is 3. The number of carbonyl (C=O) groups is 2. The number of nitrogens with one attached hydrogen (secondary N) is 2. The van der Waals surface area contributed by atoms with Gasteiger partial charge in [0.15, 0.2) is 0 Å². The van der Waals surface area contributed by atoms with Crippen molar-refractivity contribution in [3.8, 4) is 11.5 Å². The van der Waals surface area contributed by atoms with Crippen molar-refractivity contribution in [2.45, 2.75) is 31.9 Å². The molecule has 210 valence electrons. The summed E-state index contributed by atoms with van der Waals surface area (Å²) in [5, 5.41) is 5.47. The number of aromatic nitrogens is 1. The molecule has 0 spiro atoms. The van der Waals surface area contributed by atoms with Gasteiger partial charge in [-0.05, 0) is 80.4 Å². The monoisotopic (exact) mass is 553 g/mol. The lowest BCUT2D eigenvalue weighted by molar-refractivity contribution is -0.137. The number of pyridine rings is 1. The summed E-state index contributed by atoms with van der Waals surface area (Å²) in [4.78, 5) is 33.4. The Labute approximate surface area is 230 Å². The topological polar surface area (TPSA) is 86.8 Å². The zero-order valence-corrected chi connectivity index (χ0v) is 21.8. The SMILES string of the molecule is O=C(NCCN1CCCCC1)c1cc(Oc2ccc3c(c2)CCN3C(=O)Nc2cccc(C(F)(F)F)c2)ccn1. The summed E-state index contributed by atoms with van der Waals surface area (Å²) in [7, 11) is 0. The third kappa shape index (κ3) is 6.71. The van der Waals surface area contributed by atoms with Crippen LogP contribution in [-0.2, 0) is 12.6 Å². The Morgan fingerprint density at radius 3 is 2.55 bits per heavy atom. The van der Waals surface area contributed by atoms with E-state index in [1.807, 2.05) is 6.07 Å². The lowest BCUT2D eigenvalue weighted by Gasteiger charge is -2.26. The Kier molecular flexibility index (Phi) is 8.20. The maximum absolute atomic E-state index is 13.0. The Morgan fingerprint density at radius 2 is 1.75 bits per heavy atom. The number of ether oxygens (including phenoxy) is 1. The third-order valence-electron chi connectivity index (χ3n) is 6.99. The van der Waals surface area contributed by atoms with Gasteiger partial charge in [-0.15, -0.1) is 0 Å². The van der Waals surface area contributed by atoms with Gasteiger partial charge in [-0.25, -0.2) is 4.79 Å². The van der Waals surface area contributed by atoms with Crippen LogP contribution in [-0.4, -0.2) is 54.5 Å². The van der Waals surface area contributed by atoms with Gasteiger partial charge < -0.3 is 20.3 Å². The first-order valence-electron chi connectivity index (χ1n) is 13.3. The van der Waals surface area contributed by atoms with E-state index in [0.29, 0.717) is 36.7 Å². The summed E-state index contributed by atoms with van der Waals surface area (Å²) < 4.78 is 45.0. The van der Waals surface area contributed by atoms with Crippen LogP contribution in [0.3, 0.4) is 0 Å². The fourth-order valence-corrected chi connectivity index (χ4v) is 4.95. The summed E-state index contributed by atoms with van der Waals surface area (Å²) in [6, 6.07) is 12.5. The van der Waals surface area contributed by atoms with Gasteiger partial charge in [-0.3, -0.25) is 14.7 Å². The number of likely N-dealkylation sites (tertiary alicyclic amines) is 1. The van der Waals surface area contributed by atoms with E-state index in [-0.39, 0.29) is 17.3 Å². The molecule has 40 heavy (non-hydrogen) atoms. The van der Waals surface area contributed by atoms with Gasteiger partial charge in [0, 0.05) is 43.3 Å². The lowest BCUT2D eigenvalue weighted by atomic mass is 10.1. The molecule has 3 amide bonds. The number of urea groups is 1. The second-order valence-electron chi connectivity index (χ2n) is 9.84. The number of piperidine rings is 1. The van der Waals surface area contributed by atoms with Gasteiger partial charge in [0.1, 0.15) is 17.2 Å². The molecule has 3 heterocycles. The number of alkyl halides is 3. The molecule has 1 aromatic heterocycles. The van der Waals surface area contributed by atoms with Crippen molar-refractivity contribution in [3.63, 3.8) is 0 Å². The number of carbonyl (C=O) groups excluding carboxylic acids is 2. The Hall–Kier alpha value is -4.12. The zero-order chi connectivity index (χ0) is 28.1. The van der Waals surface area contributed by atoms with E-state index >= 15 is 0 Å². The predicted octanol–water partition coefficient (Wildman–Crippen LogP) is 5.70. The van der Waals surface area contributed by atoms with Crippen LogP contribution in [0.5, 0.6) is 11.5 Å². The number of rotatable bonds is 7. The van der Waals surface area contributed by atoms with E-state index in [2.05, 4.69) is 20.5 Å². The highest BCUT2D eigenvalue weighted by Gasteiger charge is 2.31. The Bertz CT molecular complexity index is 1380. The van der Waals surface area contributed by atoms with Crippen LogP contribution in [0.25, 0.3) is 0 Å². The summed E-state index contributed by atoms with van der Waals surface area (Å²) in [5.41, 5.74) is 1.01. The molecule has 2 aliphatic rings. The fourth-order valence-electron chi connectivity index (χ4n) is 4.95. The third-order valence-corrected chi connectivity index (χ3v) is 6.99. The smallest absolute Gasteiger partial charge is 0.416 e. The zero-order valence-electron chi connectivity index (χ0n) is 21.8. The minimum absolute atomic E-state index is 0.0669. The number of nitrogens with zero attached hydrogens (tertiary/aromatic N) is 3. The largest absolute Gasteiger partial charge is 0.457 e. The molecule has 0 unspecified atom stereocenters. The van der Waals surface area contributed by atoms with Crippen molar-refractivity contribution in [1.29, 1.82) is 0 Å². The molecule has 0 atom stereocenters. The molecular weight excluding hydrogens is 523 g/mol. The van der Waals surface area contributed by atoms with Gasteiger partial charge in [-0.2, -0.15) is 13.2 Å². The summed E-state index contributed by atoms with van der Waals surface area (Å²) >= 11 is 0. The number of hydrogen-bond donors (Lipinski definition) is 2. The van der Waals surface area contributed by atoms with Crippen LogP contribution in [0.2, 0.25) is 0 Å². The van der Waals surface area contributed by atoms with Gasteiger partial charge in [0.25, 0.3) is 5.91 Å². The Morgan fingerprint density at radius 1 is 0.950 bits per heavy atom. The van der Waals surface area contributed by atoms with Crippen molar-refractivity contribution < 1.29 is 27.5 Å². The van der Waals surface area contributed by atoms with Gasteiger partial charge in [0.05, 0.1) is 5.56 Å². The maximum atomic E-state index is 13.0. The Balaban J connectivity index is 1.18. The average molecular weight is 554 g/mol. The highest BCUT2D eigenvalue weighted by molar-refractivity contribution is 6.03. The average Bonchev–Trinajstić information content (AvgIpc) is 3.37. The molecule has 8 nitrogen and oxygen atoms in total. The molecule has 5 rings (SSSR count). The van der Waals surface area contributed by atoms with Gasteiger partial charge in [-0.1, -0.05) is 12.5 Å². The molecule has 1 fully saturated rings. The first-order valence-corrected chi connectivity index (χ1v) is 13.3. The van der Waals surface area contributed by atoms with E-state index < -0.39 is 17.8 Å². The van der Waals surface area contributed by atoms with Crippen LogP contribution in [0, 0.1) is 0 Å². The van der Waals surface area contributed by atoms with Crippen LogP contribution in [0.1, 0.15) is 40.9 Å². The summed E-state index contributed by atoms with van der Waals surface area (Å²) in [6.45, 7) is 3.87. The van der Waals surface area contributed by atoms with Crippen LogP contribution >= 0.6 is 0 Å². The number of benzene rings is 2. The molecule has 0 aliphatic carbocycles. The van der Waals surface area contributed by atoms with Crippen molar-refractivity contribution in [2.24, 2.45) is 0 Å². The molecule has 0 bridgehead atoms. The van der Waals surface area contributed by atoms with Crippen LogP contribution < -0.4 is 20.3 Å². The number of halogens is 3. The minimum atomic E-state index is -4.50. The predicted molar refractivity (Wildman–Crippen MR) is 145 cm³/mol. The van der Waals surface area contributed by atoms with E-state index in [4.69, 9.17) is 4.74 Å². The molecule has 2 aromatic carbocycles. The second-order valence-corrected chi connectivity index (χ2v) is 9.84. The quantitative estimate of drug-likeness (QED) is 0.392. The molecule has 0 saturated carbocycles. The number of fused-ring (bicyclic) bond motifs is 1. The molecule has 3 aromatic rings. The van der Waals surface area contributed by atoms with Gasteiger partial charge in [0.2, 0.25) is 0 Å². The van der Waals surface area contributed by atoms with Gasteiger partial charge >= 0.3 is 12.2 Å². The summed E-state index contributed by atoms with van der Waals surface area (Å²) in [6.07, 6.45) is 1.24. The maximum Gasteiger partial charge on any atom is 0.416 e. The molecule has 11 heteroatoms. The van der Waals surface area contributed by atoms with Crippen LogP contribution in [0.4, 0.5) is 29.3 Å². The fraction of sp³-hybridized carbons (Fsp3) is 0.345. The molecule has 1 saturated heterocycles. The standard InChI is InChI=1S/C29H30F3N5O3/c30-29(31,32)21-5-4-6-22(18-21)35-28(39)37-15-10-20-17-23(7-8-26(20)37)40-24-9-11-33-25(19-24)27(38)34-12-16-36-13-2-1-3-14-36/h4-9,11,17-19H,1-3,10,12-16H2,(H,34,38)(H,35,39). The van der Waals surface area contributed by atoms with Crippen molar-refractivity contribution in [1.82, 2.24) is 15.2 Å². The minimum Gasteiger partial charge on any atom is -0.457 e. The molecular formula is C29H30F3N5O3. The van der Waals surface area contributed by atoms with E-state index in [0.717, 1.165) is 37.3 Å². The summed E-state index contributed by atoms with van der Waals surface area (Å²) in [5.74, 6) is 0.716. The highest BCUT2D eigenvalue weighted by atomic mass is 19.4. The highest BCUT2D eigenvalue weighted by Crippen LogP contribution is 2.34. The molecule has 2 N–H and O–H groups in total. The number of anilines is 2. The van der Waals surface area contributed by atoms with E-state index in [1.54, 1.807) is 24.3 Å². The first kappa shape index (κ1) is 27.4. The van der Waals surface area contributed by atoms with Crippen molar-refractivity contribution >= 4 is 23.3 Å². The molecule has 0 radical (unpaired) electrons. The second kappa shape index (κ2) is 12.0. The van der Waals surface area contributed by atoms with E-state index in [1.165, 1.54) is 42.5 Å². The molecule has 2 aliphatic heterocycles. The number of hydrogen-bond acceptors (Lipinski definition) is 5. The van der Waals surface area contributed by atoms with Crippen molar-refractivity contribution in [2.75, 3.05) is 42.9 Å². The van der Waals surface area contributed by atoms with Crippen LogP contribution in [0.15, 0.2) is 60.8 Å². The first-order chi connectivity index (χ1) is 19.3.